The number of nitrogens with zero attached hydrogens (tertiary/aromatic N) is 1. The molecule has 4 N–H and O–H groups in total. The van der Waals surface area contributed by atoms with Crippen molar-refractivity contribution in [2.24, 2.45) is 5.73 Å². The van der Waals surface area contributed by atoms with E-state index < -0.39 is 6.09 Å². The smallest absolute Gasteiger partial charge is 0.397 e. The summed E-state index contributed by atoms with van der Waals surface area (Å²) in [4.78, 5) is 16.3. The third kappa shape index (κ3) is 2.48. The number of anilines is 1. The van der Waals surface area contributed by atoms with Gasteiger partial charge in [-0.05, 0) is 31.5 Å². The summed E-state index contributed by atoms with van der Waals surface area (Å²) in [5.74, 6) is 0. The second-order valence-corrected chi connectivity index (χ2v) is 6.06. The first-order chi connectivity index (χ1) is 10.5. The molecule has 6 heteroatoms. The van der Waals surface area contributed by atoms with Crippen molar-refractivity contribution in [1.29, 1.82) is 0 Å². The highest BCUT2D eigenvalue weighted by atomic mass is 32.1. The summed E-state index contributed by atoms with van der Waals surface area (Å²) in [5, 5.41) is 1.09. The molecular weight excluding hydrogens is 298 g/mol. The molecule has 0 saturated carbocycles. The van der Waals surface area contributed by atoms with Crippen molar-refractivity contribution in [2.75, 3.05) is 5.73 Å². The Balaban J connectivity index is 2.18. The fourth-order valence-corrected chi connectivity index (χ4v) is 3.44. The number of fused-ring (bicyclic) bond motifs is 1. The molecule has 0 spiro atoms. The number of aromatic nitrogens is 1. The molecule has 0 radical (unpaired) electrons. The van der Waals surface area contributed by atoms with Crippen LogP contribution in [0.15, 0.2) is 30.3 Å². The molecule has 0 bridgehead atoms. The minimum Gasteiger partial charge on any atom is -0.397 e. The first-order valence-electron chi connectivity index (χ1n) is 6.69. The van der Waals surface area contributed by atoms with Crippen LogP contribution < -0.4 is 16.2 Å². The fraction of sp³-hybridized carbons (Fsp3) is 0.125. The van der Waals surface area contributed by atoms with Crippen molar-refractivity contribution in [2.45, 2.75) is 13.8 Å². The summed E-state index contributed by atoms with van der Waals surface area (Å²) in [7, 11) is 0. The highest BCUT2D eigenvalue weighted by Crippen LogP contribution is 2.41. The van der Waals surface area contributed by atoms with Crippen LogP contribution in [0.1, 0.15) is 11.1 Å². The Bertz CT molecular complexity index is 886. The Morgan fingerprint density at radius 2 is 2.05 bits per heavy atom. The number of benzene rings is 1. The van der Waals surface area contributed by atoms with Gasteiger partial charge < -0.3 is 16.2 Å². The van der Waals surface area contributed by atoms with Gasteiger partial charge in [0.15, 0.2) is 0 Å². The summed E-state index contributed by atoms with van der Waals surface area (Å²) in [5.41, 5.74) is 15.5. The van der Waals surface area contributed by atoms with Gasteiger partial charge in [-0.1, -0.05) is 35.1 Å². The number of rotatable bonds is 2. The SMILES string of the molecule is Cc1cccc(-c2cc(C)c3c(N)c(OC(N)=O)sc3n2)c1. The van der Waals surface area contributed by atoms with Crippen LogP contribution in [0.5, 0.6) is 5.06 Å². The van der Waals surface area contributed by atoms with Crippen LogP contribution >= 0.6 is 11.3 Å². The Morgan fingerprint density at radius 3 is 2.73 bits per heavy atom. The number of hydrogen-bond acceptors (Lipinski definition) is 5. The molecule has 2 aromatic heterocycles. The molecule has 1 aromatic carbocycles. The van der Waals surface area contributed by atoms with E-state index in [2.05, 4.69) is 11.1 Å². The summed E-state index contributed by atoms with van der Waals surface area (Å²) >= 11 is 1.22. The molecule has 5 nitrogen and oxygen atoms in total. The number of aryl methyl sites for hydroxylation is 2. The lowest BCUT2D eigenvalue weighted by Gasteiger charge is -2.05. The molecule has 2 heterocycles. The van der Waals surface area contributed by atoms with Crippen molar-refractivity contribution >= 4 is 33.3 Å². The third-order valence-corrected chi connectivity index (χ3v) is 4.35. The van der Waals surface area contributed by atoms with Crippen LogP contribution in [0, 0.1) is 13.8 Å². The van der Waals surface area contributed by atoms with Crippen LogP contribution in [0.25, 0.3) is 21.5 Å². The number of amides is 1. The third-order valence-electron chi connectivity index (χ3n) is 3.37. The van der Waals surface area contributed by atoms with E-state index in [-0.39, 0.29) is 0 Å². The van der Waals surface area contributed by atoms with Gasteiger partial charge in [-0.2, -0.15) is 0 Å². The zero-order valence-electron chi connectivity index (χ0n) is 12.2. The normalized spacial score (nSPS) is 10.8. The zero-order valence-corrected chi connectivity index (χ0v) is 13.0. The van der Waals surface area contributed by atoms with Crippen LogP contribution in [0.4, 0.5) is 10.5 Å². The number of hydrogen-bond donors (Lipinski definition) is 2. The number of pyridine rings is 1. The van der Waals surface area contributed by atoms with E-state index in [0.717, 1.165) is 27.0 Å². The first kappa shape index (κ1) is 14.3. The molecule has 3 rings (SSSR count). The molecule has 0 atom stereocenters. The van der Waals surface area contributed by atoms with Gasteiger partial charge in [0.05, 0.1) is 11.4 Å². The van der Waals surface area contributed by atoms with Gasteiger partial charge in [-0.15, -0.1) is 0 Å². The van der Waals surface area contributed by atoms with Crippen LogP contribution in [0.2, 0.25) is 0 Å². The molecule has 3 aromatic rings. The van der Waals surface area contributed by atoms with Gasteiger partial charge in [0.2, 0.25) is 5.06 Å². The number of primary amides is 1. The molecule has 0 saturated heterocycles. The molecule has 1 amide bonds. The topological polar surface area (TPSA) is 91.2 Å². The van der Waals surface area contributed by atoms with Crippen LogP contribution in [-0.4, -0.2) is 11.1 Å². The van der Waals surface area contributed by atoms with E-state index in [1.165, 1.54) is 16.9 Å². The van der Waals surface area contributed by atoms with E-state index in [1.54, 1.807) is 0 Å². The molecular formula is C16H15N3O2S. The largest absolute Gasteiger partial charge is 0.410 e. The van der Waals surface area contributed by atoms with Gasteiger partial charge in [0.1, 0.15) is 4.83 Å². The quantitative estimate of drug-likeness (QED) is 0.756. The molecule has 22 heavy (non-hydrogen) atoms. The summed E-state index contributed by atoms with van der Waals surface area (Å²) in [6.07, 6.45) is -0.880. The Kier molecular flexibility index (Phi) is 3.46. The predicted octanol–water partition coefficient (Wildman–Crippen LogP) is 3.62. The average Bonchev–Trinajstić information content (AvgIpc) is 2.75. The number of thiophene rings is 1. The van der Waals surface area contributed by atoms with Gasteiger partial charge in [0, 0.05) is 10.9 Å². The van der Waals surface area contributed by atoms with Crippen molar-refractivity contribution in [3.8, 4) is 16.3 Å². The van der Waals surface area contributed by atoms with Gasteiger partial charge in [0.25, 0.3) is 0 Å². The number of nitrogens with two attached hydrogens (primary N) is 2. The number of nitrogen functional groups attached to an aromatic ring is 1. The molecule has 0 aliphatic carbocycles. The van der Waals surface area contributed by atoms with Crippen LogP contribution in [0.3, 0.4) is 0 Å². The molecule has 0 unspecified atom stereocenters. The highest BCUT2D eigenvalue weighted by Gasteiger charge is 2.17. The summed E-state index contributed by atoms with van der Waals surface area (Å²) in [6.45, 7) is 4.00. The van der Waals surface area contributed by atoms with Gasteiger partial charge in [-0.25, -0.2) is 9.78 Å². The summed E-state index contributed by atoms with van der Waals surface area (Å²) < 4.78 is 4.94. The van der Waals surface area contributed by atoms with Gasteiger partial charge in [-0.3, -0.25) is 0 Å². The molecule has 0 aliphatic heterocycles. The van der Waals surface area contributed by atoms with Crippen molar-refractivity contribution < 1.29 is 9.53 Å². The minimum atomic E-state index is -0.880. The second-order valence-electron chi connectivity index (χ2n) is 5.10. The first-order valence-corrected chi connectivity index (χ1v) is 7.51. The number of ether oxygens (including phenoxy) is 1. The summed E-state index contributed by atoms with van der Waals surface area (Å²) in [6, 6.07) is 10.1. The lowest BCUT2D eigenvalue weighted by Crippen LogP contribution is -2.16. The van der Waals surface area contributed by atoms with Crippen molar-refractivity contribution in [3.05, 3.63) is 41.5 Å². The highest BCUT2D eigenvalue weighted by molar-refractivity contribution is 7.21. The Morgan fingerprint density at radius 1 is 1.27 bits per heavy atom. The van der Waals surface area contributed by atoms with E-state index in [0.29, 0.717) is 10.8 Å². The number of carbonyl (C=O) groups excluding carboxylic acids is 1. The lowest BCUT2D eigenvalue weighted by molar-refractivity contribution is 0.212. The van der Waals surface area contributed by atoms with Crippen molar-refractivity contribution in [3.63, 3.8) is 0 Å². The van der Waals surface area contributed by atoms with E-state index in [1.807, 2.05) is 38.1 Å². The molecule has 0 fully saturated rings. The number of carbonyl (C=O) groups is 1. The minimum absolute atomic E-state index is 0.291. The van der Waals surface area contributed by atoms with E-state index >= 15 is 0 Å². The van der Waals surface area contributed by atoms with Crippen LogP contribution in [-0.2, 0) is 0 Å². The van der Waals surface area contributed by atoms with E-state index in [9.17, 15) is 4.79 Å². The average molecular weight is 313 g/mol. The van der Waals surface area contributed by atoms with Gasteiger partial charge >= 0.3 is 6.09 Å². The predicted molar refractivity (Wildman–Crippen MR) is 89.2 cm³/mol. The maximum absolute atomic E-state index is 10.9. The Labute approximate surface area is 131 Å². The fourth-order valence-electron chi connectivity index (χ4n) is 2.41. The standard InChI is InChI=1S/C16H15N3O2S/c1-8-4-3-5-10(6-8)11-7-9(2)12-13(17)15(21-16(18)20)22-14(12)19-11/h3-7H,17H2,1-2H3,(H2,18,20). The monoisotopic (exact) mass is 313 g/mol. The molecule has 112 valence electrons. The molecule has 0 aliphatic rings. The maximum Gasteiger partial charge on any atom is 0.410 e. The maximum atomic E-state index is 10.9. The second kappa shape index (κ2) is 5.31. The van der Waals surface area contributed by atoms with Crippen molar-refractivity contribution in [1.82, 2.24) is 4.98 Å². The van der Waals surface area contributed by atoms with E-state index in [4.69, 9.17) is 16.2 Å². The lowest BCUT2D eigenvalue weighted by atomic mass is 10.1. The Hall–Kier alpha value is -2.60. The zero-order chi connectivity index (χ0) is 15.9.